The van der Waals surface area contributed by atoms with Gasteiger partial charge in [-0.1, -0.05) is 20.3 Å². The van der Waals surface area contributed by atoms with E-state index in [1.807, 2.05) is 20.1 Å². The molecule has 0 aliphatic carbocycles. The summed E-state index contributed by atoms with van der Waals surface area (Å²) in [5.74, 6) is 0. The molecule has 0 atom stereocenters. The number of hydrogen-bond acceptors (Lipinski definition) is 2. The van der Waals surface area contributed by atoms with Crippen LogP contribution < -0.4 is 5.11 Å². The van der Waals surface area contributed by atoms with Gasteiger partial charge < -0.3 is 10.1 Å². The zero-order valence-electron chi connectivity index (χ0n) is 7.26. The van der Waals surface area contributed by atoms with Gasteiger partial charge >= 0.3 is 0 Å². The predicted molar refractivity (Wildman–Crippen MR) is 44.5 cm³/mol. The first-order chi connectivity index (χ1) is 4.91. The van der Waals surface area contributed by atoms with Crippen LogP contribution in [0.2, 0.25) is 0 Å². The maximum Gasteiger partial charge on any atom is 0.0273 e. The average molecular weight is 144 g/mol. The van der Waals surface area contributed by atoms with E-state index in [9.17, 15) is 5.11 Å². The number of nitrogens with zero attached hydrogens (tertiary/aromatic N) is 1. The molecule has 2 heteroatoms. The standard InChI is InChI=1S/C6H12NO.C2H6/c1-7-5-3-2-4-6-8;1-2/h5H,2-4,6H2,1H3;1-2H3/q-1;. The Kier molecular flexibility index (Phi) is 19.5. The highest BCUT2D eigenvalue weighted by atomic mass is 16.2. The Morgan fingerprint density at radius 2 is 1.90 bits per heavy atom. The second-order valence-electron chi connectivity index (χ2n) is 1.64. The summed E-state index contributed by atoms with van der Waals surface area (Å²) in [5.41, 5.74) is 0. The molecule has 0 amide bonds. The van der Waals surface area contributed by atoms with Gasteiger partial charge in [0.2, 0.25) is 0 Å². The van der Waals surface area contributed by atoms with Gasteiger partial charge in [0.1, 0.15) is 0 Å². The maximum absolute atomic E-state index is 9.85. The lowest BCUT2D eigenvalue weighted by Crippen LogP contribution is -2.04. The summed E-state index contributed by atoms with van der Waals surface area (Å²) in [7, 11) is 1.75. The molecule has 0 saturated carbocycles. The monoisotopic (exact) mass is 144 g/mol. The van der Waals surface area contributed by atoms with Crippen LogP contribution in [-0.2, 0) is 0 Å². The van der Waals surface area contributed by atoms with Crippen LogP contribution in [0.1, 0.15) is 33.1 Å². The van der Waals surface area contributed by atoms with Crippen molar-refractivity contribution in [2.24, 2.45) is 4.99 Å². The largest absolute Gasteiger partial charge is 0.854 e. The van der Waals surface area contributed by atoms with E-state index in [0.717, 1.165) is 19.3 Å². The molecular formula is C8H18NO-. The quantitative estimate of drug-likeness (QED) is 0.432. The molecule has 62 valence electrons. The molecule has 0 aromatic heterocycles. The van der Waals surface area contributed by atoms with Crippen molar-refractivity contribution in [3.8, 4) is 0 Å². The summed E-state index contributed by atoms with van der Waals surface area (Å²) < 4.78 is 0. The van der Waals surface area contributed by atoms with Crippen LogP contribution in [0.5, 0.6) is 0 Å². The summed E-state index contributed by atoms with van der Waals surface area (Å²) in [6.07, 6.45) is 4.57. The van der Waals surface area contributed by atoms with Crippen molar-refractivity contribution >= 4 is 6.21 Å². The van der Waals surface area contributed by atoms with Crippen molar-refractivity contribution in [2.75, 3.05) is 13.7 Å². The molecule has 0 rings (SSSR count). The van der Waals surface area contributed by atoms with Gasteiger partial charge in [-0.3, -0.25) is 0 Å². The summed E-state index contributed by atoms with van der Waals surface area (Å²) in [4.78, 5) is 3.78. The van der Waals surface area contributed by atoms with Gasteiger partial charge in [-0.25, -0.2) is 0 Å². The van der Waals surface area contributed by atoms with Crippen molar-refractivity contribution in [1.29, 1.82) is 0 Å². The highest BCUT2D eigenvalue weighted by Gasteiger charge is 1.76. The van der Waals surface area contributed by atoms with Crippen LogP contribution in [0.4, 0.5) is 0 Å². The maximum atomic E-state index is 9.85. The van der Waals surface area contributed by atoms with Gasteiger partial charge in [0.25, 0.3) is 0 Å². The first kappa shape index (κ1) is 12.3. The molecule has 0 unspecified atom stereocenters. The predicted octanol–water partition coefficient (Wildman–Crippen LogP) is 1.24. The van der Waals surface area contributed by atoms with Gasteiger partial charge in [0.05, 0.1) is 0 Å². The Labute approximate surface area is 64.0 Å². The normalized spacial score (nSPS) is 9.20. The van der Waals surface area contributed by atoms with Gasteiger partial charge in [-0.05, 0) is 19.1 Å². The van der Waals surface area contributed by atoms with E-state index in [1.54, 1.807) is 7.05 Å². The summed E-state index contributed by atoms with van der Waals surface area (Å²) >= 11 is 0. The minimum absolute atomic E-state index is 0.0531. The Morgan fingerprint density at radius 1 is 1.30 bits per heavy atom. The summed E-state index contributed by atoms with van der Waals surface area (Å²) in [6.45, 7) is 4.05. The fourth-order valence-electron chi connectivity index (χ4n) is 0.467. The summed E-state index contributed by atoms with van der Waals surface area (Å²) in [5, 5.41) is 9.85. The second kappa shape index (κ2) is 15.9. The van der Waals surface area contributed by atoms with Gasteiger partial charge in [-0.15, -0.1) is 6.61 Å². The third-order valence-electron chi connectivity index (χ3n) is 0.910. The van der Waals surface area contributed by atoms with E-state index in [-0.39, 0.29) is 6.61 Å². The highest BCUT2D eigenvalue weighted by molar-refractivity contribution is 5.56. The first-order valence-corrected chi connectivity index (χ1v) is 3.90. The van der Waals surface area contributed by atoms with Crippen LogP contribution >= 0.6 is 0 Å². The van der Waals surface area contributed by atoms with Crippen molar-refractivity contribution < 1.29 is 5.11 Å². The minimum atomic E-state index is 0.0531. The third-order valence-corrected chi connectivity index (χ3v) is 0.910. The van der Waals surface area contributed by atoms with Gasteiger partial charge in [0.15, 0.2) is 0 Å². The first-order valence-electron chi connectivity index (χ1n) is 3.90. The highest BCUT2D eigenvalue weighted by Crippen LogP contribution is 1.88. The van der Waals surface area contributed by atoms with Crippen molar-refractivity contribution in [2.45, 2.75) is 33.1 Å². The number of aliphatic imine (C=N–C) groups is 1. The molecule has 0 aromatic rings. The lowest BCUT2D eigenvalue weighted by atomic mass is 10.3. The molecule has 0 fully saturated rings. The molecule has 0 aliphatic rings. The van der Waals surface area contributed by atoms with Gasteiger partial charge in [-0.2, -0.15) is 0 Å². The number of unbranched alkanes of at least 4 members (excludes halogenated alkanes) is 2. The Morgan fingerprint density at radius 3 is 2.30 bits per heavy atom. The molecule has 0 N–H and O–H groups in total. The third kappa shape index (κ3) is 15.6. The SMILES string of the molecule is CC.CN=CCCCC[O-]. The van der Waals surface area contributed by atoms with Crippen LogP contribution in [0.25, 0.3) is 0 Å². The second-order valence-corrected chi connectivity index (χ2v) is 1.64. The Balaban J connectivity index is 0. The molecule has 0 bridgehead atoms. The number of rotatable bonds is 4. The van der Waals surface area contributed by atoms with Gasteiger partial charge in [0, 0.05) is 7.05 Å². The van der Waals surface area contributed by atoms with E-state index in [2.05, 4.69) is 4.99 Å². The van der Waals surface area contributed by atoms with E-state index >= 15 is 0 Å². The fourth-order valence-corrected chi connectivity index (χ4v) is 0.467. The molecule has 0 aliphatic heterocycles. The topological polar surface area (TPSA) is 35.4 Å². The molecule has 0 aromatic carbocycles. The fraction of sp³-hybridized carbons (Fsp3) is 0.875. The van der Waals surface area contributed by atoms with Crippen LogP contribution in [0.15, 0.2) is 4.99 Å². The van der Waals surface area contributed by atoms with E-state index in [4.69, 9.17) is 0 Å². The van der Waals surface area contributed by atoms with E-state index < -0.39 is 0 Å². The number of hydrogen-bond donors (Lipinski definition) is 0. The molecule has 2 nitrogen and oxygen atoms in total. The summed E-state index contributed by atoms with van der Waals surface area (Å²) in [6, 6.07) is 0. The lowest BCUT2D eigenvalue weighted by Gasteiger charge is -1.98. The van der Waals surface area contributed by atoms with Crippen LogP contribution in [-0.4, -0.2) is 19.9 Å². The molecule has 0 radical (unpaired) electrons. The Bertz CT molecular complexity index is 62.3. The molecule has 0 heterocycles. The smallest absolute Gasteiger partial charge is 0.0273 e. The molecular weight excluding hydrogens is 126 g/mol. The Hall–Kier alpha value is -0.370. The molecule has 0 saturated heterocycles. The van der Waals surface area contributed by atoms with Crippen molar-refractivity contribution in [1.82, 2.24) is 0 Å². The minimum Gasteiger partial charge on any atom is -0.854 e. The lowest BCUT2D eigenvalue weighted by molar-refractivity contribution is -0.368. The zero-order valence-corrected chi connectivity index (χ0v) is 7.26. The van der Waals surface area contributed by atoms with Crippen molar-refractivity contribution in [3.63, 3.8) is 0 Å². The zero-order chi connectivity index (χ0) is 8.24. The van der Waals surface area contributed by atoms with Crippen LogP contribution in [0, 0.1) is 0 Å². The molecule has 10 heavy (non-hydrogen) atoms. The van der Waals surface area contributed by atoms with E-state index in [1.165, 1.54) is 0 Å². The van der Waals surface area contributed by atoms with Crippen molar-refractivity contribution in [3.05, 3.63) is 0 Å². The van der Waals surface area contributed by atoms with E-state index in [0.29, 0.717) is 0 Å². The van der Waals surface area contributed by atoms with Crippen LogP contribution in [0.3, 0.4) is 0 Å². The average Bonchev–Trinajstić information content (AvgIpc) is 2.02. The molecule has 0 spiro atoms.